The van der Waals surface area contributed by atoms with Crippen LogP contribution in [0.25, 0.3) is 27.8 Å². The predicted molar refractivity (Wildman–Crippen MR) is 114 cm³/mol. The summed E-state index contributed by atoms with van der Waals surface area (Å²) < 4.78 is 4.58. The molecule has 0 spiro atoms. The zero-order chi connectivity index (χ0) is 20.2. The zero-order valence-corrected chi connectivity index (χ0v) is 16.9. The minimum atomic E-state index is -0.360. The van der Waals surface area contributed by atoms with Gasteiger partial charge < -0.3 is 4.57 Å². The third-order valence-corrected chi connectivity index (χ3v) is 5.38. The minimum Gasteiger partial charge on any atom is -0.314 e. The number of hydrogen-bond donors (Lipinski definition) is 0. The monoisotopic (exact) mass is 393 g/mol. The number of aryl methyl sites for hydroxylation is 3. The number of halogens is 1. The van der Waals surface area contributed by atoms with E-state index in [0.29, 0.717) is 21.6 Å². The van der Waals surface area contributed by atoms with Crippen LogP contribution in [0.5, 0.6) is 0 Å². The fraction of sp³-hybridized carbons (Fsp3) is 0.182. The molecule has 0 bridgehead atoms. The molecular weight excluding hydrogens is 374 g/mol. The lowest BCUT2D eigenvalue weighted by Gasteiger charge is -2.13. The number of nitrogens with zero attached hydrogens (tertiary/aromatic N) is 3. The molecule has 142 valence electrons. The van der Waals surface area contributed by atoms with Gasteiger partial charge in [0.05, 0.1) is 16.6 Å². The van der Waals surface area contributed by atoms with Gasteiger partial charge in [-0.3, -0.25) is 13.9 Å². The van der Waals surface area contributed by atoms with Crippen molar-refractivity contribution in [1.29, 1.82) is 0 Å². The first-order chi connectivity index (χ1) is 13.3. The molecule has 0 saturated carbocycles. The molecule has 4 aromatic rings. The Labute approximate surface area is 167 Å². The van der Waals surface area contributed by atoms with Gasteiger partial charge in [0, 0.05) is 36.6 Å². The molecule has 2 heterocycles. The molecule has 0 fully saturated rings. The second-order valence-corrected chi connectivity index (χ2v) is 7.55. The molecule has 2 aromatic carbocycles. The van der Waals surface area contributed by atoms with Crippen LogP contribution in [-0.2, 0) is 14.1 Å². The van der Waals surface area contributed by atoms with Crippen molar-refractivity contribution >= 4 is 22.5 Å². The summed E-state index contributed by atoms with van der Waals surface area (Å²) in [6.45, 7) is 4.06. The number of rotatable bonds is 2. The van der Waals surface area contributed by atoms with Gasteiger partial charge in [-0.1, -0.05) is 35.9 Å². The average Bonchev–Trinajstić information content (AvgIpc) is 3.05. The summed E-state index contributed by atoms with van der Waals surface area (Å²) in [6.07, 6.45) is 1.84. The number of aromatic nitrogens is 3. The molecule has 0 aliphatic heterocycles. The Bertz CT molecular complexity index is 1340. The van der Waals surface area contributed by atoms with Crippen molar-refractivity contribution in [3.63, 3.8) is 0 Å². The van der Waals surface area contributed by atoms with Crippen LogP contribution in [0.15, 0.2) is 58.3 Å². The van der Waals surface area contributed by atoms with Crippen LogP contribution in [0.4, 0.5) is 0 Å². The van der Waals surface area contributed by atoms with Crippen LogP contribution in [0.2, 0.25) is 5.02 Å². The summed E-state index contributed by atoms with van der Waals surface area (Å²) in [4.78, 5) is 25.5. The molecule has 2 aromatic heterocycles. The quantitative estimate of drug-likeness (QED) is 0.517. The van der Waals surface area contributed by atoms with E-state index < -0.39 is 0 Å². The van der Waals surface area contributed by atoms with E-state index in [1.807, 2.05) is 42.8 Å². The number of hydrogen-bond acceptors (Lipinski definition) is 2. The Morgan fingerprint density at radius 1 is 0.893 bits per heavy atom. The number of benzene rings is 2. The summed E-state index contributed by atoms with van der Waals surface area (Å²) >= 11 is 6.51. The SMILES string of the molecule is Cc1cc(C)cc(-n2cc3c(c2-c2ccccc2Cl)c(=O)n(C)c(=O)n3C)c1. The Morgan fingerprint density at radius 3 is 2.18 bits per heavy atom. The van der Waals surface area contributed by atoms with Crippen molar-refractivity contribution in [2.24, 2.45) is 14.1 Å². The molecule has 6 heteroatoms. The molecule has 0 radical (unpaired) electrons. The summed E-state index contributed by atoms with van der Waals surface area (Å²) in [5, 5.41) is 1.01. The Kier molecular flexibility index (Phi) is 4.27. The van der Waals surface area contributed by atoms with Crippen LogP contribution < -0.4 is 11.2 Å². The summed E-state index contributed by atoms with van der Waals surface area (Å²) in [6, 6.07) is 13.6. The van der Waals surface area contributed by atoms with Gasteiger partial charge in [0.15, 0.2) is 0 Å². The maximum atomic E-state index is 13.1. The van der Waals surface area contributed by atoms with Gasteiger partial charge in [0.2, 0.25) is 0 Å². The van der Waals surface area contributed by atoms with Gasteiger partial charge in [0.1, 0.15) is 0 Å². The van der Waals surface area contributed by atoms with E-state index in [9.17, 15) is 9.59 Å². The van der Waals surface area contributed by atoms with Crippen LogP contribution in [-0.4, -0.2) is 13.7 Å². The van der Waals surface area contributed by atoms with Gasteiger partial charge in [-0.05, 0) is 43.2 Å². The first-order valence-electron chi connectivity index (χ1n) is 8.94. The molecule has 0 saturated heterocycles. The average molecular weight is 394 g/mol. The van der Waals surface area contributed by atoms with Gasteiger partial charge >= 0.3 is 5.69 Å². The normalized spacial score (nSPS) is 11.3. The highest BCUT2D eigenvalue weighted by Crippen LogP contribution is 2.35. The maximum absolute atomic E-state index is 13.1. The summed E-state index contributed by atoms with van der Waals surface area (Å²) in [7, 11) is 3.17. The Hall–Kier alpha value is -3.05. The zero-order valence-electron chi connectivity index (χ0n) is 16.2. The molecular formula is C22H20ClN3O2. The first kappa shape index (κ1) is 18.3. The highest BCUT2D eigenvalue weighted by molar-refractivity contribution is 6.33. The highest BCUT2D eigenvalue weighted by atomic mass is 35.5. The molecule has 0 aliphatic rings. The van der Waals surface area contributed by atoms with E-state index in [4.69, 9.17) is 11.6 Å². The molecule has 0 amide bonds. The topological polar surface area (TPSA) is 48.9 Å². The lowest BCUT2D eigenvalue weighted by atomic mass is 10.1. The van der Waals surface area contributed by atoms with E-state index in [1.165, 1.54) is 11.6 Å². The fourth-order valence-corrected chi connectivity index (χ4v) is 3.98. The second kappa shape index (κ2) is 6.53. The molecule has 4 rings (SSSR count). The van der Waals surface area contributed by atoms with Gasteiger partial charge in [0.25, 0.3) is 5.56 Å². The number of fused-ring (bicyclic) bond motifs is 1. The van der Waals surface area contributed by atoms with Gasteiger partial charge in [-0.25, -0.2) is 4.79 Å². The largest absolute Gasteiger partial charge is 0.330 e. The van der Waals surface area contributed by atoms with Crippen molar-refractivity contribution in [2.75, 3.05) is 0 Å². The van der Waals surface area contributed by atoms with Crippen LogP contribution >= 0.6 is 11.6 Å². The van der Waals surface area contributed by atoms with Gasteiger partial charge in [-0.15, -0.1) is 0 Å². The van der Waals surface area contributed by atoms with Crippen molar-refractivity contribution in [3.05, 3.63) is 85.6 Å². The fourth-order valence-electron chi connectivity index (χ4n) is 3.75. The third kappa shape index (κ3) is 2.70. The second-order valence-electron chi connectivity index (χ2n) is 7.14. The van der Waals surface area contributed by atoms with E-state index in [-0.39, 0.29) is 11.2 Å². The molecule has 0 N–H and O–H groups in total. The lowest BCUT2D eigenvalue weighted by molar-refractivity contribution is 0.714. The van der Waals surface area contributed by atoms with E-state index in [2.05, 4.69) is 18.2 Å². The van der Waals surface area contributed by atoms with Crippen molar-refractivity contribution < 1.29 is 0 Å². The summed E-state index contributed by atoms with van der Waals surface area (Å²) in [5.74, 6) is 0. The molecule has 0 aliphatic carbocycles. The van der Waals surface area contributed by atoms with Crippen LogP contribution in [0.3, 0.4) is 0 Å². The molecule has 0 unspecified atom stereocenters. The van der Waals surface area contributed by atoms with E-state index >= 15 is 0 Å². The third-order valence-electron chi connectivity index (χ3n) is 5.05. The highest BCUT2D eigenvalue weighted by Gasteiger charge is 2.21. The van der Waals surface area contributed by atoms with Crippen molar-refractivity contribution in [1.82, 2.24) is 13.7 Å². The van der Waals surface area contributed by atoms with Crippen molar-refractivity contribution in [3.8, 4) is 16.9 Å². The van der Waals surface area contributed by atoms with Crippen LogP contribution in [0, 0.1) is 13.8 Å². The minimum absolute atomic E-state index is 0.337. The van der Waals surface area contributed by atoms with Gasteiger partial charge in [-0.2, -0.15) is 0 Å². The lowest BCUT2D eigenvalue weighted by Crippen LogP contribution is -2.36. The van der Waals surface area contributed by atoms with Crippen molar-refractivity contribution in [2.45, 2.75) is 13.8 Å². The van der Waals surface area contributed by atoms with E-state index in [0.717, 1.165) is 26.9 Å². The standard InChI is InChI=1S/C22H20ClN3O2/c1-13-9-14(2)11-15(10-13)26-12-18-19(21(27)25(4)22(28)24(18)3)20(26)16-7-5-6-8-17(16)23/h5-12H,1-4H3. The Balaban J connectivity index is 2.25. The maximum Gasteiger partial charge on any atom is 0.330 e. The molecule has 28 heavy (non-hydrogen) atoms. The molecule has 0 atom stereocenters. The first-order valence-corrected chi connectivity index (χ1v) is 9.32. The summed E-state index contributed by atoms with van der Waals surface area (Å²) in [5.41, 5.74) is 4.44. The van der Waals surface area contributed by atoms with Crippen LogP contribution in [0.1, 0.15) is 11.1 Å². The smallest absolute Gasteiger partial charge is 0.314 e. The molecule has 5 nitrogen and oxygen atoms in total. The Morgan fingerprint density at radius 2 is 1.54 bits per heavy atom. The predicted octanol–water partition coefficient (Wildman–Crippen LogP) is 3.97. The van der Waals surface area contributed by atoms with E-state index in [1.54, 1.807) is 13.1 Å².